The molecule has 1 aromatic carbocycles. The monoisotopic (exact) mass is 564 g/mol. The number of esters is 1. The number of carbonyl (C=O) groups excluding carboxylic acids is 1. The molecule has 1 aliphatic rings. The molecule has 1 aromatic heterocycles. The number of alkyl halides is 2. The number of nitrogens with one attached hydrogen (secondary N) is 1. The number of ether oxygens (including phenoxy) is 3. The van der Waals surface area contributed by atoms with E-state index in [1.54, 1.807) is 0 Å². The molecule has 1 fully saturated rings. The lowest BCUT2D eigenvalue weighted by Gasteiger charge is -2.23. The first-order valence-electron chi connectivity index (χ1n) is 10.7. The van der Waals surface area contributed by atoms with Crippen LogP contribution in [-0.4, -0.2) is 62.3 Å². The predicted molar refractivity (Wildman–Crippen MR) is 121 cm³/mol. The summed E-state index contributed by atoms with van der Waals surface area (Å²) >= 11 is 0. The summed E-state index contributed by atoms with van der Waals surface area (Å²) in [5, 5.41) is 10.7. The number of aliphatic carboxylic acids is 1. The molecule has 0 saturated carbocycles. The number of anilines is 1. The second-order valence-electron chi connectivity index (χ2n) is 7.90. The van der Waals surface area contributed by atoms with Gasteiger partial charge in [-0.25, -0.2) is 14.4 Å². The Labute approximate surface area is 212 Å². The molecule has 1 saturated heterocycles. The lowest BCUT2D eigenvalue weighted by molar-refractivity contribution is -0.174. The molecule has 0 amide bonds. The third-order valence-corrected chi connectivity index (χ3v) is 5.94. The Hall–Kier alpha value is -3.63. The fourth-order valence-electron chi connectivity index (χ4n) is 3.25. The molecule has 5 atom stereocenters. The van der Waals surface area contributed by atoms with Crippen molar-refractivity contribution in [2.45, 2.75) is 44.2 Å². The fraction of sp³-hybridized carbons (Fsp3) is 0.400. The Morgan fingerprint density at radius 3 is 2.58 bits per heavy atom. The van der Waals surface area contributed by atoms with Crippen LogP contribution in [0.3, 0.4) is 0 Å². The van der Waals surface area contributed by atoms with Gasteiger partial charge < -0.3 is 34.8 Å². The first kappa shape index (κ1) is 28.9. The number of hydrogen-bond donors (Lipinski definition) is 4. The summed E-state index contributed by atoms with van der Waals surface area (Å²) in [4.78, 5) is 52.5. The molecule has 15 nitrogen and oxygen atoms in total. The minimum absolute atomic E-state index is 0.179. The Morgan fingerprint density at radius 1 is 1.32 bits per heavy atom. The van der Waals surface area contributed by atoms with E-state index < -0.39 is 62.4 Å². The number of carboxylic acid groups (broad SMARTS) is 1. The Bertz CT molecular complexity index is 1290. The molecule has 0 spiro atoms. The summed E-state index contributed by atoms with van der Waals surface area (Å²) in [6, 6.07) is 5.02. The second-order valence-corrected chi connectivity index (χ2v) is 9.35. The lowest BCUT2D eigenvalue weighted by atomic mass is 10.1. The quantitative estimate of drug-likeness (QED) is 0.129. The Morgan fingerprint density at radius 2 is 1.97 bits per heavy atom. The van der Waals surface area contributed by atoms with Crippen molar-refractivity contribution in [2.24, 2.45) is 0 Å². The van der Waals surface area contributed by atoms with E-state index in [1.165, 1.54) is 24.3 Å². The third kappa shape index (κ3) is 6.81. The minimum atomic E-state index is -4.76. The maximum Gasteiger partial charge on any atom is 0.440 e. The minimum Gasteiger partial charge on any atom is -0.487 e. The van der Waals surface area contributed by atoms with E-state index in [2.05, 4.69) is 9.66 Å². The lowest BCUT2D eigenvalue weighted by Crippen LogP contribution is -2.44. The first-order valence-corrected chi connectivity index (χ1v) is 12.3. The van der Waals surface area contributed by atoms with E-state index in [4.69, 9.17) is 29.9 Å². The van der Waals surface area contributed by atoms with Crippen LogP contribution in [0.25, 0.3) is 0 Å². The average Bonchev–Trinajstić information content (AvgIpc) is 3.05. The van der Waals surface area contributed by atoms with Gasteiger partial charge in [0.15, 0.2) is 11.9 Å². The van der Waals surface area contributed by atoms with Gasteiger partial charge >= 0.3 is 31.3 Å². The van der Waals surface area contributed by atoms with Crippen LogP contribution in [0, 0.1) is 0 Å². The van der Waals surface area contributed by atoms with E-state index in [9.17, 15) is 23.8 Å². The predicted octanol–water partition coefficient (Wildman–Crippen LogP) is 0.842. The fourth-order valence-corrected chi connectivity index (χ4v) is 4.08. The van der Waals surface area contributed by atoms with E-state index in [-0.39, 0.29) is 17.3 Å². The average molecular weight is 564 g/mol. The maximum atomic E-state index is 15.2. The Kier molecular flexibility index (Phi) is 8.68. The van der Waals surface area contributed by atoms with Gasteiger partial charge in [-0.15, -0.1) is 0 Å². The number of aromatic nitrogens is 2. The van der Waals surface area contributed by atoms with Crippen LogP contribution in [0.1, 0.15) is 20.1 Å². The number of rotatable bonds is 11. The summed E-state index contributed by atoms with van der Waals surface area (Å²) in [6.07, 6.45) is -5.07. The summed E-state index contributed by atoms with van der Waals surface area (Å²) < 4.78 is 63.0. The van der Waals surface area contributed by atoms with Gasteiger partial charge in [-0.05, 0) is 25.1 Å². The van der Waals surface area contributed by atoms with Crippen LogP contribution in [0.15, 0.2) is 41.3 Å². The van der Waals surface area contributed by atoms with Gasteiger partial charge in [-0.2, -0.15) is 13.8 Å². The molecule has 1 aliphatic heterocycles. The van der Waals surface area contributed by atoms with Crippen LogP contribution in [0.4, 0.5) is 14.6 Å². The number of hydrogen-bond acceptors (Lipinski definition) is 11. The van der Waals surface area contributed by atoms with Gasteiger partial charge in [-0.1, -0.05) is 16.8 Å². The molecular weight excluding hydrogens is 541 g/mol. The third-order valence-electron chi connectivity index (χ3n) is 4.95. The molecule has 2 heterocycles. The van der Waals surface area contributed by atoms with E-state index >= 15 is 8.78 Å². The van der Waals surface area contributed by atoms with Gasteiger partial charge in [0.05, 0.1) is 0 Å². The SMILES string of the molecule is CC(=O)O[C@@H]1[C@@H](COc2ccccc2OOP(=O)(O)NC(C)C(=O)O)OC(n2ccc(N)nc2=O)C1(F)F. The highest BCUT2D eigenvalue weighted by Crippen LogP contribution is 2.45. The summed E-state index contributed by atoms with van der Waals surface area (Å²) in [6.45, 7) is 1.32. The molecular formula is C20H23F2N4O11P. The van der Waals surface area contributed by atoms with Crippen molar-refractivity contribution >= 4 is 25.5 Å². The van der Waals surface area contributed by atoms with E-state index in [0.29, 0.717) is 4.57 Å². The van der Waals surface area contributed by atoms with Gasteiger partial charge in [0.2, 0.25) is 12.0 Å². The molecule has 2 aromatic rings. The summed E-state index contributed by atoms with van der Waals surface area (Å²) in [7, 11) is -4.76. The zero-order valence-electron chi connectivity index (χ0n) is 19.7. The van der Waals surface area contributed by atoms with Gasteiger partial charge in [0, 0.05) is 13.1 Å². The molecule has 208 valence electrons. The second kappa shape index (κ2) is 11.4. The van der Waals surface area contributed by atoms with Crippen LogP contribution >= 0.6 is 7.75 Å². The van der Waals surface area contributed by atoms with Crippen molar-refractivity contribution in [2.75, 3.05) is 12.3 Å². The van der Waals surface area contributed by atoms with Crippen LogP contribution in [-0.2, 0) is 28.3 Å². The number of nitrogens with two attached hydrogens (primary N) is 1. The highest BCUT2D eigenvalue weighted by Gasteiger charge is 2.62. The van der Waals surface area contributed by atoms with Crippen LogP contribution in [0.5, 0.6) is 11.5 Å². The van der Waals surface area contributed by atoms with Crippen molar-refractivity contribution in [1.29, 1.82) is 0 Å². The van der Waals surface area contributed by atoms with Crippen molar-refractivity contribution in [3.8, 4) is 11.5 Å². The number of halogens is 2. The standard InChI is InChI=1S/C20H23F2N4O11P/c1-10(17(28)29)25-38(31,32)37-36-13-6-4-3-5-12(13)33-9-14-16(34-11(2)27)20(21,22)18(35-14)26-8-7-15(23)24-19(26)30/h3-8,10,14,16,18H,9H2,1-2H3,(H,28,29)(H2,23,24,30)(H2,25,31,32)/t10?,14-,16-,18?/m1/s1. The zero-order chi connectivity index (χ0) is 28.3. The largest absolute Gasteiger partial charge is 0.487 e. The van der Waals surface area contributed by atoms with Crippen molar-refractivity contribution < 1.29 is 56.7 Å². The first-order chi connectivity index (χ1) is 17.7. The van der Waals surface area contributed by atoms with E-state index in [0.717, 1.165) is 26.1 Å². The zero-order valence-corrected chi connectivity index (χ0v) is 20.6. The van der Waals surface area contributed by atoms with Crippen LogP contribution < -0.4 is 26.1 Å². The highest BCUT2D eigenvalue weighted by molar-refractivity contribution is 7.50. The van der Waals surface area contributed by atoms with E-state index in [1.807, 2.05) is 5.09 Å². The number of para-hydroxylation sites is 2. The van der Waals surface area contributed by atoms with Gasteiger partial charge in [0.25, 0.3) is 0 Å². The molecule has 3 unspecified atom stereocenters. The maximum absolute atomic E-state index is 15.2. The number of nitrogen functional groups attached to an aromatic ring is 1. The molecule has 0 radical (unpaired) electrons. The molecule has 3 rings (SSSR count). The van der Waals surface area contributed by atoms with Crippen molar-refractivity contribution in [3.63, 3.8) is 0 Å². The summed E-state index contributed by atoms with van der Waals surface area (Å²) in [5.74, 6) is -7.07. The Balaban J connectivity index is 1.77. The summed E-state index contributed by atoms with van der Waals surface area (Å²) in [5.41, 5.74) is 4.27. The molecule has 0 aliphatic carbocycles. The number of nitrogens with zero attached hydrogens (tertiary/aromatic N) is 2. The number of carbonyl (C=O) groups is 2. The van der Waals surface area contributed by atoms with Crippen molar-refractivity contribution in [3.05, 3.63) is 47.0 Å². The smallest absolute Gasteiger partial charge is 0.440 e. The molecule has 5 N–H and O–H groups in total. The van der Waals surface area contributed by atoms with Gasteiger partial charge in [0.1, 0.15) is 24.6 Å². The van der Waals surface area contributed by atoms with Crippen molar-refractivity contribution in [1.82, 2.24) is 14.6 Å². The topological polar surface area (TPSA) is 211 Å². The molecule has 0 bridgehead atoms. The highest BCUT2D eigenvalue weighted by atomic mass is 31.2. The van der Waals surface area contributed by atoms with Gasteiger partial charge in [-0.3, -0.25) is 14.2 Å². The number of carboxylic acids is 1. The number of benzene rings is 1. The van der Waals surface area contributed by atoms with Crippen LogP contribution in [0.2, 0.25) is 0 Å². The molecule has 38 heavy (non-hydrogen) atoms. The normalized spacial score (nSPS) is 22.7. The molecule has 18 heteroatoms.